The number of aliphatic hydroxyl groups is 5. The Kier molecular flexibility index (Phi) is 27.5. The van der Waals surface area contributed by atoms with Gasteiger partial charge in [0, 0.05) is 32.0 Å². The summed E-state index contributed by atoms with van der Waals surface area (Å²) in [6.45, 7) is 17.6. The summed E-state index contributed by atoms with van der Waals surface area (Å²) >= 11 is 8.77. The van der Waals surface area contributed by atoms with Gasteiger partial charge in [-0.3, -0.25) is 9.59 Å². The van der Waals surface area contributed by atoms with Crippen LogP contribution < -0.4 is 0 Å². The molecule has 3 saturated carbocycles. The fraction of sp³-hybridized carbons (Fsp3) is 0.970. The molecule has 3 heterocycles. The van der Waals surface area contributed by atoms with Crippen molar-refractivity contribution in [3.05, 3.63) is 0 Å². The van der Waals surface area contributed by atoms with Gasteiger partial charge >= 0.3 is 213 Å². The summed E-state index contributed by atoms with van der Waals surface area (Å²) < 4.78 is 38.4. The zero-order valence-corrected chi connectivity index (χ0v) is 56.7. The normalized spacial score (nSPS) is 39.7. The molecule has 0 unspecified atom stereocenters. The number of ether oxygens (including phenoxy) is 6. The molecule has 18 atom stereocenters. The molecule has 3 saturated heterocycles. The van der Waals surface area contributed by atoms with Gasteiger partial charge in [-0.15, -0.1) is 0 Å². The van der Waals surface area contributed by atoms with E-state index in [1.807, 2.05) is 39.8 Å². The van der Waals surface area contributed by atoms with Crippen LogP contribution in [0.25, 0.3) is 0 Å². The van der Waals surface area contributed by atoms with Crippen molar-refractivity contribution in [2.45, 2.75) is 363 Å². The Balaban J connectivity index is 1.14. The molecule has 6 aliphatic rings. The second kappa shape index (κ2) is 32.0. The van der Waals surface area contributed by atoms with Gasteiger partial charge in [-0.25, -0.2) is 0 Å². The molecule has 84 heavy (non-hydrogen) atoms. The molecule has 3 aliphatic heterocycles. The maximum atomic E-state index is 14.7. The molecule has 0 spiro atoms. The molecule has 17 heteroatoms. The number of likely N-dealkylation sites (N-methyl/N-ethyl adjacent to an activating group) is 1. The van der Waals surface area contributed by atoms with Crippen molar-refractivity contribution in [2.24, 2.45) is 17.8 Å². The number of unbranched alkanes of at least 4 members (excludes halogenated alkanes) is 8. The third-order valence-corrected chi connectivity index (χ3v) is 33.1. The molecular weight excluding hydrogens is 1110 g/mol. The zero-order valence-electron chi connectivity index (χ0n) is 55.0. The van der Waals surface area contributed by atoms with Crippen LogP contribution in [0, 0.1) is 17.8 Å². The van der Waals surface area contributed by atoms with Gasteiger partial charge in [0.15, 0.2) is 12.6 Å². The van der Waals surface area contributed by atoms with Crippen LogP contribution in [0.2, 0.25) is 0 Å². The minimum absolute atomic E-state index is 0.0882. The van der Waals surface area contributed by atoms with Crippen molar-refractivity contribution in [1.82, 2.24) is 9.80 Å². The van der Waals surface area contributed by atoms with Gasteiger partial charge in [-0.05, 0) is 87.7 Å². The molecule has 15 nitrogen and oxygen atoms in total. The van der Waals surface area contributed by atoms with Gasteiger partial charge in [0.2, 0.25) is 0 Å². The number of carbonyl (C=O) groups excluding carboxylic acids is 2. The summed E-state index contributed by atoms with van der Waals surface area (Å²) in [6, 6.07) is -1.23. The summed E-state index contributed by atoms with van der Waals surface area (Å²) in [4.78, 5) is 33.0. The number of cyclic esters (lactones) is 1. The Morgan fingerprint density at radius 1 is 0.726 bits per heavy atom. The summed E-state index contributed by atoms with van der Waals surface area (Å²) in [5.74, 6) is -5.66. The van der Waals surface area contributed by atoms with Gasteiger partial charge in [-0.1, -0.05) is 20.8 Å². The monoisotopic (exact) mass is 1230 g/mol. The van der Waals surface area contributed by atoms with Gasteiger partial charge in [0.05, 0.1) is 47.6 Å². The van der Waals surface area contributed by atoms with Crippen molar-refractivity contribution in [3.8, 4) is 0 Å². The van der Waals surface area contributed by atoms with Crippen LogP contribution >= 0.6 is 17.2 Å². The van der Waals surface area contributed by atoms with Gasteiger partial charge in [0.1, 0.15) is 30.0 Å². The molecular formula is C67H124ClN2O13P. The van der Waals surface area contributed by atoms with E-state index >= 15 is 0 Å². The van der Waals surface area contributed by atoms with Crippen LogP contribution in [0.15, 0.2) is 0 Å². The molecule has 0 aromatic rings. The topological polar surface area (TPSA) is 197 Å². The molecule has 6 fully saturated rings. The van der Waals surface area contributed by atoms with E-state index in [-0.39, 0.29) is 56.2 Å². The van der Waals surface area contributed by atoms with Crippen molar-refractivity contribution >= 4 is 29.1 Å². The summed E-state index contributed by atoms with van der Waals surface area (Å²) in [7, 11) is 5.29. The van der Waals surface area contributed by atoms with E-state index in [2.05, 4.69) is 0 Å². The van der Waals surface area contributed by atoms with Crippen molar-refractivity contribution in [2.75, 3.05) is 33.9 Å². The van der Waals surface area contributed by atoms with E-state index in [4.69, 9.17) is 39.7 Å². The fourth-order valence-corrected chi connectivity index (χ4v) is 27.8. The molecule has 0 aromatic carbocycles. The van der Waals surface area contributed by atoms with Crippen molar-refractivity contribution < 1.29 is 63.5 Å². The Hall–Kier alpha value is -0.780. The first-order valence-corrected chi connectivity index (χ1v) is 37.7. The number of hydrogen-bond acceptors (Lipinski definition) is 14. The Morgan fingerprint density at radius 3 is 1.74 bits per heavy atom. The van der Waals surface area contributed by atoms with Crippen LogP contribution in [0.4, 0.5) is 0 Å². The first-order valence-electron chi connectivity index (χ1n) is 34.2. The smallest absolute Gasteiger partial charge is 0.126 e. The summed E-state index contributed by atoms with van der Waals surface area (Å²) in [5.41, 5.74) is -2.38. The second-order valence-electron chi connectivity index (χ2n) is 29.2. The second-order valence-corrected chi connectivity index (χ2v) is 37.1. The SMILES string of the molecule is CC[C@H]1OC(=O)[C@H](C)[C@@H](O[C@H]2C[C@@](C)(OC)[C@@H](O)[C@H](C)O2)[C@H](C)[C@@H](O[C@@H]2O[C@H](C)C[C@H](N(C)C)[C@H]2O)[C@](C)(O)C[C@@H](C)CN(C(=O)CCCCCCCCCCCP(Cl)(C2CCCCC2)(C2CCCCC2)C2CCCCC2)[C@H](C)[C@@H](O)[C@]1(C)O. The summed E-state index contributed by atoms with van der Waals surface area (Å²) in [5, 5.41) is 60.6. The quantitative estimate of drug-likeness (QED) is 0.0390. The van der Waals surface area contributed by atoms with E-state index in [0.29, 0.717) is 12.8 Å². The first-order chi connectivity index (χ1) is 39.6. The number of hydrogen-bond donors (Lipinski definition) is 5. The molecule has 492 valence electrons. The van der Waals surface area contributed by atoms with E-state index < -0.39 is 102 Å². The van der Waals surface area contributed by atoms with Gasteiger partial charge < -0.3 is 63.8 Å². The fourth-order valence-electron chi connectivity index (χ4n) is 17.4. The van der Waals surface area contributed by atoms with Crippen LogP contribution in [0.5, 0.6) is 0 Å². The van der Waals surface area contributed by atoms with Crippen molar-refractivity contribution in [1.29, 1.82) is 0 Å². The Morgan fingerprint density at radius 2 is 1.24 bits per heavy atom. The third kappa shape index (κ3) is 17.2. The average molecular weight is 1230 g/mol. The number of halogens is 1. The van der Waals surface area contributed by atoms with Crippen LogP contribution in [0.1, 0.15) is 255 Å². The van der Waals surface area contributed by atoms with E-state index in [1.54, 1.807) is 46.4 Å². The third-order valence-electron chi connectivity index (χ3n) is 22.4. The van der Waals surface area contributed by atoms with Gasteiger partial charge in [0.25, 0.3) is 0 Å². The number of esters is 1. The van der Waals surface area contributed by atoms with E-state index in [9.17, 15) is 35.1 Å². The number of aliphatic hydroxyl groups excluding tert-OH is 3. The van der Waals surface area contributed by atoms with Crippen LogP contribution in [-0.2, 0) is 38.0 Å². The molecule has 5 N–H and O–H groups in total. The molecule has 1 amide bonds. The zero-order chi connectivity index (χ0) is 61.8. The minimum Gasteiger partial charge on any atom is -0.388 e. The molecule has 3 aliphatic carbocycles. The van der Waals surface area contributed by atoms with Crippen molar-refractivity contribution in [3.63, 3.8) is 0 Å². The molecule has 0 radical (unpaired) electrons. The Labute approximate surface area is 514 Å². The maximum absolute atomic E-state index is 14.7. The number of rotatable bonds is 22. The van der Waals surface area contributed by atoms with Crippen LogP contribution in [0.3, 0.4) is 0 Å². The number of nitrogens with zero attached hydrogens (tertiary/aromatic N) is 2. The maximum Gasteiger partial charge on any atom is 0.126 e. The van der Waals surface area contributed by atoms with E-state index in [1.165, 1.54) is 149 Å². The predicted octanol–water partition coefficient (Wildman–Crippen LogP) is 12.4. The predicted molar refractivity (Wildman–Crippen MR) is 338 cm³/mol. The van der Waals surface area contributed by atoms with Crippen LogP contribution in [-0.4, -0.2) is 188 Å². The average Bonchev–Trinajstić information content (AvgIpc) is 0.787. The van der Waals surface area contributed by atoms with Gasteiger partial charge in [-0.2, -0.15) is 0 Å². The standard InChI is InChI=1S/C67H124ClN2O13P/c1-14-55-67(10,77)60(73)49(6)70(56(71)39-31-20-18-16-15-17-19-21-32-40-84(68,51-33-25-22-26-34-51,52-35-27-23-28-36-52)53-37-29-24-30-38-53)44-45(2)42-65(8,76)62(83-64-58(72)54(69(11)12)41-46(3)79-64)47(4)59(48(5)63(75)81-55)82-57-43-66(9,78-13)61(74)50(7)80-57/h45-55,57-62,64,72-74,76-77H,14-44H2,1-13H3/t45-,46-,47+,48-,49-,50+,54+,55-,57+,58-,59+,60-,61+,62-,64+,65-,66-,67-/m1/s1. The summed E-state index contributed by atoms with van der Waals surface area (Å²) in [6.07, 6.45) is 23.0. The first kappa shape index (κ1) is 72.3. The molecule has 0 bridgehead atoms. The molecule has 0 aromatic heterocycles. The number of methoxy groups -OCH3 is 1. The largest absolute Gasteiger partial charge is 0.388 e. The minimum atomic E-state index is -2.47. The number of amides is 1. The molecule has 6 rings (SSSR count). The van der Waals surface area contributed by atoms with E-state index in [0.717, 1.165) is 36.2 Å². The number of carbonyl (C=O) groups is 2. The Bertz CT molecular complexity index is 1940.